The highest BCUT2D eigenvalue weighted by atomic mass is 16.2. The van der Waals surface area contributed by atoms with E-state index in [1.54, 1.807) is 13.8 Å². The van der Waals surface area contributed by atoms with Crippen molar-refractivity contribution in [3.8, 4) is 0 Å². The van der Waals surface area contributed by atoms with Crippen LogP contribution in [-0.4, -0.2) is 47.9 Å². The minimum Gasteiger partial charge on any atom is -0.350 e. The molecule has 0 aromatic carbocycles. The summed E-state index contributed by atoms with van der Waals surface area (Å²) in [6.45, 7) is 5.59. The average molecular weight is 225 g/mol. The zero-order chi connectivity index (χ0) is 11.8. The van der Waals surface area contributed by atoms with Crippen molar-refractivity contribution >= 4 is 11.8 Å². The lowest BCUT2D eigenvalue weighted by Gasteiger charge is -2.54. The Balaban J connectivity index is 1.92. The van der Waals surface area contributed by atoms with Gasteiger partial charge in [-0.3, -0.25) is 9.59 Å². The van der Waals surface area contributed by atoms with E-state index < -0.39 is 0 Å². The summed E-state index contributed by atoms with van der Waals surface area (Å²) < 4.78 is 0. The third-order valence-electron chi connectivity index (χ3n) is 3.80. The highest BCUT2D eigenvalue weighted by Crippen LogP contribution is 2.31. The predicted molar refractivity (Wildman–Crippen MR) is 59.8 cm³/mol. The van der Waals surface area contributed by atoms with E-state index in [1.807, 2.05) is 4.90 Å². The molecule has 1 atom stereocenters. The molecule has 5 nitrogen and oxygen atoms in total. The molecule has 2 amide bonds. The molecule has 2 saturated heterocycles. The number of likely N-dealkylation sites (tertiary alicyclic amines) is 1. The number of piperidine rings is 1. The molecule has 2 N–H and O–H groups in total. The number of amides is 2. The SMILES string of the molecule is CC(=O)NC1CNC12CCN(C(C)=O)CC2. The third-order valence-corrected chi connectivity index (χ3v) is 3.80. The normalized spacial score (nSPS) is 27.4. The minimum absolute atomic E-state index is 0.0277. The highest BCUT2D eigenvalue weighted by Gasteiger charge is 2.48. The molecule has 0 bridgehead atoms. The summed E-state index contributed by atoms with van der Waals surface area (Å²) in [6, 6.07) is 0.235. The lowest BCUT2D eigenvalue weighted by molar-refractivity contribution is -0.132. The second-order valence-corrected chi connectivity index (χ2v) is 4.80. The molecular formula is C11H19N3O2. The van der Waals surface area contributed by atoms with E-state index in [0.29, 0.717) is 0 Å². The molecule has 2 rings (SSSR count). The number of rotatable bonds is 1. The van der Waals surface area contributed by atoms with E-state index >= 15 is 0 Å². The quantitative estimate of drug-likeness (QED) is 0.631. The molecule has 2 heterocycles. The molecule has 1 spiro atoms. The third kappa shape index (κ3) is 1.91. The van der Waals surface area contributed by atoms with Gasteiger partial charge in [-0.1, -0.05) is 0 Å². The van der Waals surface area contributed by atoms with Gasteiger partial charge in [-0.2, -0.15) is 0 Å². The van der Waals surface area contributed by atoms with Crippen molar-refractivity contribution in [3.63, 3.8) is 0 Å². The largest absolute Gasteiger partial charge is 0.350 e. The van der Waals surface area contributed by atoms with Gasteiger partial charge >= 0.3 is 0 Å². The molecule has 1 unspecified atom stereocenters. The van der Waals surface area contributed by atoms with Crippen molar-refractivity contribution in [1.82, 2.24) is 15.5 Å². The molecular weight excluding hydrogens is 206 g/mol. The van der Waals surface area contributed by atoms with Gasteiger partial charge in [-0.25, -0.2) is 0 Å². The van der Waals surface area contributed by atoms with Gasteiger partial charge in [-0.15, -0.1) is 0 Å². The number of hydrogen-bond acceptors (Lipinski definition) is 3. The van der Waals surface area contributed by atoms with E-state index in [4.69, 9.17) is 0 Å². The summed E-state index contributed by atoms with van der Waals surface area (Å²) in [5.74, 6) is 0.171. The van der Waals surface area contributed by atoms with E-state index in [1.165, 1.54) is 0 Å². The lowest BCUT2D eigenvalue weighted by atomic mass is 9.74. The first-order valence-corrected chi connectivity index (χ1v) is 5.81. The minimum atomic E-state index is 0.0277. The van der Waals surface area contributed by atoms with Crippen molar-refractivity contribution in [2.75, 3.05) is 19.6 Å². The monoisotopic (exact) mass is 225 g/mol. The van der Waals surface area contributed by atoms with E-state index in [2.05, 4.69) is 10.6 Å². The summed E-state index contributed by atoms with van der Waals surface area (Å²) in [7, 11) is 0. The lowest BCUT2D eigenvalue weighted by Crippen LogP contribution is -2.76. The average Bonchev–Trinajstić information content (AvgIpc) is 2.24. The van der Waals surface area contributed by atoms with E-state index in [0.717, 1.165) is 32.5 Å². The van der Waals surface area contributed by atoms with Crippen LogP contribution >= 0.6 is 0 Å². The molecule has 0 aromatic rings. The molecule has 5 heteroatoms. The molecule has 2 aliphatic heterocycles. The second kappa shape index (κ2) is 4.05. The molecule has 0 aromatic heterocycles. The van der Waals surface area contributed by atoms with Crippen LogP contribution in [0.25, 0.3) is 0 Å². The molecule has 90 valence electrons. The smallest absolute Gasteiger partial charge is 0.219 e. The Morgan fingerprint density at radius 1 is 1.31 bits per heavy atom. The van der Waals surface area contributed by atoms with Crippen LogP contribution in [0, 0.1) is 0 Å². The van der Waals surface area contributed by atoms with Gasteiger partial charge in [0, 0.05) is 39.0 Å². The van der Waals surface area contributed by atoms with Crippen LogP contribution in [0.2, 0.25) is 0 Å². The summed E-state index contributed by atoms with van der Waals surface area (Å²) in [6.07, 6.45) is 1.86. The molecule has 16 heavy (non-hydrogen) atoms. The van der Waals surface area contributed by atoms with Crippen LogP contribution in [0.15, 0.2) is 0 Å². The molecule has 0 radical (unpaired) electrons. The van der Waals surface area contributed by atoms with Gasteiger partial charge in [0.05, 0.1) is 6.04 Å². The van der Waals surface area contributed by atoms with Gasteiger partial charge in [0.15, 0.2) is 0 Å². The predicted octanol–water partition coefficient (Wildman–Crippen LogP) is -0.525. The van der Waals surface area contributed by atoms with Crippen LogP contribution in [0.1, 0.15) is 26.7 Å². The first kappa shape index (κ1) is 11.4. The molecule has 0 saturated carbocycles. The molecule has 2 fully saturated rings. The fourth-order valence-electron chi connectivity index (χ4n) is 2.67. The first-order chi connectivity index (χ1) is 7.53. The van der Waals surface area contributed by atoms with Crippen LogP contribution in [0.3, 0.4) is 0 Å². The van der Waals surface area contributed by atoms with Crippen LogP contribution < -0.4 is 10.6 Å². The van der Waals surface area contributed by atoms with E-state index in [-0.39, 0.29) is 23.4 Å². The topological polar surface area (TPSA) is 61.4 Å². The number of nitrogens with zero attached hydrogens (tertiary/aromatic N) is 1. The van der Waals surface area contributed by atoms with Crippen molar-refractivity contribution < 1.29 is 9.59 Å². The standard InChI is InChI=1S/C11H19N3O2/c1-8(15)13-10-7-12-11(10)3-5-14(6-4-11)9(2)16/h10,12H,3-7H2,1-2H3,(H,13,15). The molecule has 2 aliphatic rings. The Labute approximate surface area is 95.6 Å². The maximum Gasteiger partial charge on any atom is 0.219 e. The summed E-state index contributed by atoms with van der Waals surface area (Å²) in [5.41, 5.74) is 0.0393. The van der Waals surface area contributed by atoms with Crippen LogP contribution in [0.5, 0.6) is 0 Å². The highest BCUT2D eigenvalue weighted by molar-refractivity contribution is 5.74. The maximum atomic E-state index is 11.2. The second-order valence-electron chi connectivity index (χ2n) is 4.80. The Hall–Kier alpha value is -1.10. The van der Waals surface area contributed by atoms with Crippen molar-refractivity contribution in [2.45, 2.75) is 38.3 Å². The number of hydrogen-bond donors (Lipinski definition) is 2. The van der Waals surface area contributed by atoms with E-state index in [9.17, 15) is 9.59 Å². The fourth-order valence-corrected chi connectivity index (χ4v) is 2.67. The maximum absolute atomic E-state index is 11.2. The number of carbonyl (C=O) groups is 2. The molecule has 0 aliphatic carbocycles. The summed E-state index contributed by atoms with van der Waals surface area (Å²) >= 11 is 0. The van der Waals surface area contributed by atoms with Crippen molar-refractivity contribution in [2.24, 2.45) is 0 Å². The Kier molecular flexibility index (Phi) is 2.88. The summed E-state index contributed by atoms with van der Waals surface area (Å²) in [4.78, 5) is 24.1. The number of carbonyl (C=O) groups excluding carboxylic acids is 2. The zero-order valence-electron chi connectivity index (χ0n) is 9.88. The van der Waals surface area contributed by atoms with Gasteiger partial charge < -0.3 is 15.5 Å². The Bertz CT molecular complexity index is 308. The van der Waals surface area contributed by atoms with Crippen LogP contribution in [0.4, 0.5) is 0 Å². The summed E-state index contributed by atoms with van der Waals surface area (Å²) in [5, 5.41) is 6.40. The van der Waals surface area contributed by atoms with Gasteiger partial charge in [-0.05, 0) is 12.8 Å². The Morgan fingerprint density at radius 2 is 1.94 bits per heavy atom. The number of nitrogens with one attached hydrogen (secondary N) is 2. The van der Waals surface area contributed by atoms with Crippen molar-refractivity contribution in [3.05, 3.63) is 0 Å². The fraction of sp³-hybridized carbons (Fsp3) is 0.818. The first-order valence-electron chi connectivity index (χ1n) is 5.81. The Morgan fingerprint density at radius 3 is 2.31 bits per heavy atom. The van der Waals surface area contributed by atoms with Crippen molar-refractivity contribution in [1.29, 1.82) is 0 Å². The van der Waals surface area contributed by atoms with Gasteiger partial charge in [0.25, 0.3) is 0 Å². The zero-order valence-corrected chi connectivity index (χ0v) is 9.88. The van der Waals surface area contributed by atoms with Gasteiger partial charge in [0.1, 0.15) is 0 Å². The van der Waals surface area contributed by atoms with Gasteiger partial charge in [0.2, 0.25) is 11.8 Å². The van der Waals surface area contributed by atoms with Crippen LogP contribution in [-0.2, 0) is 9.59 Å².